The minimum Gasteiger partial charge on any atom is -0.379 e. The molecular weight excluding hydrogens is 236 g/mol. The molecule has 1 aliphatic rings. The fraction of sp³-hybridized carbons (Fsp3) is 0.571. The van der Waals surface area contributed by atoms with Crippen LogP contribution < -0.4 is 5.32 Å². The fourth-order valence-electron chi connectivity index (χ4n) is 2.12. The molecule has 1 aliphatic heterocycles. The Morgan fingerprint density at radius 1 is 1.33 bits per heavy atom. The van der Waals surface area contributed by atoms with Crippen LogP contribution in [0.4, 0.5) is 8.78 Å². The van der Waals surface area contributed by atoms with Crippen LogP contribution in [0.15, 0.2) is 24.3 Å². The maximum absolute atomic E-state index is 13.4. The highest BCUT2D eigenvalue weighted by atomic mass is 19.3. The summed E-state index contributed by atoms with van der Waals surface area (Å²) in [6.45, 7) is 3.79. The van der Waals surface area contributed by atoms with Crippen LogP contribution in [0.3, 0.4) is 0 Å². The summed E-state index contributed by atoms with van der Waals surface area (Å²) >= 11 is 0. The Morgan fingerprint density at radius 2 is 2.06 bits per heavy atom. The molecule has 1 atom stereocenters. The first-order chi connectivity index (χ1) is 8.62. The van der Waals surface area contributed by atoms with E-state index in [1.165, 1.54) is 19.1 Å². The molecule has 18 heavy (non-hydrogen) atoms. The van der Waals surface area contributed by atoms with Gasteiger partial charge in [0.05, 0.1) is 13.2 Å². The van der Waals surface area contributed by atoms with Crippen molar-refractivity contribution in [1.82, 2.24) is 5.32 Å². The van der Waals surface area contributed by atoms with E-state index in [2.05, 4.69) is 5.32 Å². The Labute approximate surface area is 106 Å². The second-order valence-electron chi connectivity index (χ2n) is 4.69. The Balaban J connectivity index is 1.99. The average Bonchev–Trinajstić information content (AvgIpc) is 2.40. The summed E-state index contributed by atoms with van der Waals surface area (Å²) in [7, 11) is 0. The van der Waals surface area contributed by atoms with Crippen molar-refractivity contribution in [3.63, 3.8) is 0 Å². The highest BCUT2D eigenvalue weighted by Gasteiger charge is 2.28. The lowest BCUT2D eigenvalue weighted by Crippen LogP contribution is -2.42. The van der Waals surface area contributed by atoms with Gasteiger partial charge in [0, 0.05) is 24.6 Å². The summed E-state index contributed by atoms with van der Waals surface area (Å²) in [5.74, 6) is -2.72. The van der Waals surface area contributed by atoms with Gasteiger partial charge in [-0.2, -0.15) is 0 Å². The monoisotopic (exact) mass is 255 g/mol. The lowest BCUT2D eigenvalue weighted by atomic mass is 10.0. The molecule has 0 aromatic heterocycles. The van der Waals surface area contributed by atoms with Gasteiger partial charge in [0.1, 0.15) is 0 Å². The molecule has 1 aromatic carbocycles. The normalized spacial score (nSPS) is 20.9. The van der Waals surface area contributed by atoms with E-state index in [1.54, 1.807) is 12.1 Å². The predicted molar refractivity (Wildman–Crippen MR) is 66.9 cm³/mol. The molecule has 1 N–H and O–H groups in total. The summed E-state index contributed by atoms with van der Waals surface area (Å²) in [5, 5.41) is 3.35. The lowest BCUT2D eigenvalue weighted by Gasteiger charge is -2.24. The number of hydrogen-bond donors (Lipinski definition) is 1. The van der Waals surface area contributed by atoms with Crippen LogP contribution in [-0.4, -0.2) is 25.8 Å². The third-order valence-corrected chi connectivity index (χ3v) is 3.30. The first-order valence-electron chi connectivity index (χ1n) is 6.40. The van der Waals surface area contributed by atoms with Crippen LogP contribution in [0.1, 0.15) is 24.5 Å². The van der Waals surface area contributed by atoms with E-state index in [1.807, 2.05) is 0 Å². The number of alkyl halides is 2. The van der Waals surface area contributed by atoms with Crippen LogP contribution in [0.25, 0.3) is 0 Å². The molecule has 1 aromatic rings. The van der Waals surface area contributed by atoms with Gasteiger partial charge >= 0.3 is 0 Å². The minimum absolute atomic E-state index is 0.0987. The summed E-state index contributed by atoms with van der Waals surface area (Å²) < 4.78 is 32.3. The zero-order chi connectivity index (χ0) is 13.0. The summed E-state index contributed by atoms with van der Waals surface area (Å²) in [6, 6.07) is 6.92. The van der Waals surface area contributed by atoms with Crippen molar-refractivity contribution in [2.24, 2.45) is 0 Å². The van der Waals surface area contributed by atoms with Crippen LogP contribution in [0.5, 0.6) is 0 Å². The van der Waals surface area contributed by atoms with Gasteiger partial charge in [-0.3, -0.25) is 0 Å². The van der Waals surface area contributed by atoms with Crippen molar-refractivity contribution in [1.29, 1.82) is 0 Å². The molecule has 0 saturated carbocycles. The largest absolute Gasteiger partial charge is 0.379 e. The van der Waals surface area contributed by atoms with Gasteiger partial charge in [-0.15, -0.1) is 0 Å². The van der Waals surface area contributed by atoms with Gasteiger partial charge in [0.15, 0.2) is 0 Å². The molecule has 2 rings (SSSR count). The van der Waals surface area contributed by atoms with Crippen molar-refractivity contribution in [2.45, 2.75) is 31.7 Å². The number of morpholine rings is 1. The maximum Gasteiger partial charge on any atom is 0.273 e. The molecule has 0 amide bonds. The highest BCUT2D eigenvalue weighted by molar-refractivity contribution is 5.26. The first-order valence-corrected chi connectivity index (χ1v) is 6.40. The molecule has 1 saturated heterocycles. The van der Waals surface area contributed by atoms with Crippen molar-refractivity contribution in [3.05, 3.63) is 35.4 Å². The van der Waals surface area contributed by atoms with Crippen LogP contribution >= 0.6 is 0 Å². The van der Waals surface area contributed by atoms with E-state index >= 15 is 0 Å². The smallest absolute Gasteiger partial charge is 0.273 e. The van der Waals surface area contributed by atoms with Crippen molar-refractivity contribution in [2.75, 3.05) is 19.8 Å². The van der Waals surface area contributed by atoms with E-state index in [4.69, 9.17) is 4.74 Å². The number of hydrogen-bond acceptors (Lipinski definition) is 2. The number of halogens is 2. The zero-order valence-electron chi connectivity index (χ0n) is 10.6. The summed E-state index contributed by atoms with van der Waals surface area (Å²) in [4.78, 5) is 0. The van der Waals surface area contributed by atoms with E-state index in [0.29, 0.717) is 6.61 Å². The maximum atomic E-state index is 13.4. The highest BCUT2D eigenvalue weighted by Crippen LogP contribution is 2.31. The molecule has 1 unspecified atom stereocenters. The molecule has 1 heterocycles. The van der Waals surface area contributed by atoms with Gasteiger partial charge in [0.2, 0.25) is 0 Å². The second kappa shape index (κ2) is 5.76. The lowest BCUT2D eigenvalue weighted by molar-refractivity contribution is -0.00830. The topological polar surface area (TPSA) is 21.3 Å². The Morgan fingerprint density at radius 3 is 2.61 bits per heavy atom. The standard InChI is InChI=1S/C14H19F2NO/c1-2-14(15,16)12-5-3-11(4-6-12)9-13-10-18-8-7-17-13/h3-6,13,17H,2,7-10H2,1H3. The van der Waals surface area contributed by atoms with Gasteiger partial charge < -0.3 is 10.1 Å². The second-order valence-corrected chi connectivity index (χ2v) is 4.69. The Hall–Kier alpha value is -1.00. The molecule has 1 fully saturated rings. The van der Waals surface area contributed by atoms with Gasteiger partial charge in [-0.05, 0) is 12.0 Å². The van der Waals surface area contributed by atoms with Gasteiger partial charge in [-0.25, -0.2) is 8.78 Å². The molecule has 0 radical (unpaired) electrons. The third kappa shape index (κ3) is 3.27. The SMILES string of the molecule is CCC(F)(F)c1ccc(CC2COCCN2)cc1. The predicted octanol–water partition coefficient (Wildman–Crippen LogP) is 2.72. The van der Waals surface area contributed by atoms with Crippen molar-refractivity contribution >= 4 is 0 Å². The van der Waals surface area contributed by atoms with Crippen LogP contribution in [0.2, 0.25) is 0 Å². The van der Waals surface area contributed by atoms with E-state index in [-0.39, 0.29) is 18.0 Å². The van der Waals surface area contributed by atoms with Crippen LogP contribution in [0, 0.1) is 0 Å². The summed E-state index contributed by atoms with van der Waals surface area (Å²) in [6.07, 6.45) is 0.655. The molecule has 0 bridgehead atoms. The molecule has 100 valence electrons. The minimum atomic E-state index is -2.72. The number of benzene rings is 1. The Kier molecular flexibility index (Phi) is 4.30. The fourth-order valence-corrected chi connectivity index (χ4v) is 2.12. The molecule has 0 spiro atoms. The summed E-state index contributed by atoms with van der Waals surface area (Å²) in [5.41, 5.74) is 1.16. The number of nitrogens with one attached hydrogen (secondary N) is 1. The van der Waals surface area contributed by atoms with E-state index in [9.17, 15) is 8.78 Å². The first kappa shape index (κ1) is 13.4. The molecular formula is C14H19F2NO. The molecule has 0 aliphatic carbocycles. The van der Waals surface area contributed by atoms with Gasteiger partial charge in [0.25, 0.3) is 5.92 Å². The number of rotatable bonds is 4. The average molecular weight is 255 g/mol. The van der Waals surface area contributed by atoms with Crippen LogP contribution in [-0.2, 0) is 17.1 Å². The van der Waals surface area contributed by atoms with E-state index < -0.39 is 5.92 Å². The van der Waals surface area contributed by atoms with Crippen molar-refractivity contribution < 1.29 is 13.5 Å². The Bertz CT molecular complexity index is 372. The van der Waals surface area contributed by atoms with Crippen molar-refractivity contribution in [3.8, 4) is 0 Å². The van der Waals surface area contributed by atoms with Gasteiger partial charge in [-0.1, -0.05) is 31.2 Å². The quantitative estimate of drug-likeness (QED) is 0.893. The third-order valence-electron chi connectivity index (χ3n) is 3.30. The van der Waals surface area contributed by atoms with E-state index in [0.717, 1.165) is 25.1 Å². The molecule has 4 heteroatoms. The molecule has 2 nitrogen and oxygen atoms in total. The number of ether oxygens (including phenoxy) is 1. The zero-order valence-corrected chi connectivity index (χ0v) is 10.6.